The van der Waals surface area contributed by atoms with Gasteiger partial charge in [-0.1, -0.05) is 35.5 Å². The largest absolute Gasteiger partial charge is 0.360 e. The molecule has 3 aliphatic heterocycles. The Kier molecular flexibility index (Phi) is 5.71. The van der Waals surface area contributed by atoms with E-state index in [0.717, 1.165) is 37.0 Å². The van der Waals surface area contributed by atoms with Gasteiger partial charge in [0.1, 0.15) is 5.76 Å². The van der Waals surface area contributed by atoms with Crippen molar-refractivity contribution in [3.63, 3.8) is 0 Å². The van der Waals surface area contributed by atoms with Crippen LogP contribution >= 0.6 is 0 Å². The van der Waals surface area contributed by atoms with Crippen molar-refractivity contribution < 1.29 is 17.7 Å². The van der Waals surface area contributed by atoms with Gasteiger partial charge in [-0.25, -0.2) is 0 Å². The van der Waals surface area contributed by atoms with Crippen molar-refractivity contribution in [3.05, 3.63) is 53.4 Å². The van der Waals surface area contributed by atoms with E-state index >= 15 is 0 Å². The van der Waals surface area contributed by atoms with Crippen LogP contribution in [0.3, 0.4) is 0 Å². The van der Waals surface area contributed by atoms with Crippen LogP contribution in [-0.2, 0) is 10.2 Å². The summed E-state index contributed by atoms with van der Waals surface area (Å²) in [6, 6.07) is 11.1. The zero-order valence-electron chi connectivity index (χ0n) is 19.1. The molecule has 2 aromatic rings. The summed E-state index contributed by atoms with van der Waals surface area (Å²) in [5.74, 6) is 0.959. The lowest BCUT2D eigenvalue weighted by atomic mass is 9.99. The van der Waals surface area contributed by atoms with E-state index in [1.807, 2.05) is 30.3 Å². The lowest BCUT2D eigenvalue weighted by Crippen LogP contribution is -2.59. The summed E-state index contributed by atoms with van der Waals surface area (Å²) in [6.45, 7) is 1.70. The van der Waals surface area contributed by atoms with Crippen LogP contribution in [0.2, 0.25) is 0 Å². The van der Waals surface area contributed by atoms with E-state index in [1.165, 1.54) is 0 Å². The highest BCUT2D eigenvalue weighted by molar-refractivity contribution is 7.86. The second kappa shape index (κ2) is 8.75. The molecule has 4 aliphatic rings. The number of hydrogen-bond acceptors (Lipinski definition) is 6. The number of rotatable bonds is 6. The van der Waals surface area contributed by atoms with Crippen LogP contribution < -0.4 is 10.6 Å². The summed E-state index contributed by atoms with van der Waals surface area (Å²) in [5, 5.41) is 10.4. The average Bonchev–Trinajstić information content (AvgIpc) is 3.50. The van der Waals surface area contributed by atoms with Gasteiger partial charge < -0.3 is 15.2 Å². The van der Waals surface area contributed by atoms with Crippen LogP contribution in [0, 0.1) is 0 Å². The molecular formula is C24H31N5O4S. The lowest BCUT2D eigenvalue weighted by Gasteiger charge is -2.43. The summed E-state index contributed by atoms with van der Waals surface area (Å²) in [6.07, 6.45) is 5.08. The molecule has 4 heterocycles. The second-order valence-corrected chi connectivity index (χ2v) is 11.8. The van der Waals surface area contributed by atoms with Gasteiger partial charge in [0.25, 0.3) is 16.1 Å². The number of carbonyl (C=O) groups is 1. The normalized spacial score (nSPS) is 30.4. The highest BCUT2D eigenvalue weighted by Crippen LogP contribution is 2.41. The Hall–Kier alpha value is -2.27. The number of piperidine rings is 1. The number of aromatic nitrogens is 1. The van der Waals surface area contributed by atoms with Gasteiger partial charge in [0, 0.05) is 49.7 Å². The predicted octanol–water partition coefficient (Wildman–Crippen LogP) is 2.17. The first-order valence-electron chi connectivity index (χ1n) is 12.3. The molecule has 1 aromatic heterocycles. The van der Waals surface area contributed by atoms with Crippen LogP contribution in [-0.4, -0.2) is 65.9 Å². The van der Waals surface area contributed by atoms with Crippen LogP contribution in [0.15, 0.2) is 40.9 Å². The minimum Gasteiger partial charge on any atom is -0.360 e. The van der Waals surface area contributed by atoms with E-state index < -0.39 is 10.2 Å². The molecule has 182 valence electrons. The molecule has 3 saturated heterocycles. The van der Waals surface area contributed by atoms with Gasteiger partial charge in [-0.3, -0.25) is 4.79 Å². The third kappa shape index (κ3) is 4.06. The first-order valence-corrected chi connectivity index (χ1v) is 13.7. The average molecular weight is 486 g/mol. The summed E-state index contributed by atoms with van der Waals surface area (Å²) in [4.78, 5) is 12.7. The Balaban J connectivity index is 1.16. The van der Waals surface area contributed by atoms with Crippen LogP contribution in [0.5, 0.6) is 0 Å². The van der Waals surface area contributed by atoms with Gasteiger partial charge in [-0.15, -0.1) is 0 Å². The highest BCUT2D eigenvalue weighted by atomic mass is 32.2. The quantitative estimate of drug-likeness (QED) is 0.649. The molecule has 2 bridgehead atoms. The van der Waals surface area contributed by atoms with Crippen molar-refractivity contribution in [1.29, 1.82) is 0 Å². The fraction of sp³-hybridized carbons (Fsp3) is 0.583. The predicted molar refractivity (Wildman–Crippen MR) is 125 cm³/mol. The SMILES string of the molecule is O=C(NC1C[C@H]2CC[C@@H](C1)N2S(=O)(=O)N1CCNCC1c1ccccc1)c1cc(C2CC2)on1. The molecule has 34 heavy (non-hydrogen) atoms. The number of carbonyl (C=O) groups excluding carboxylic acids is 1. The maximum atomic E-state index is 13.9. The zero-order chi connectivity index (χ0) is 23.3. The molecule has 6 rings (SSSR count). The molecule has 4 atom stereocenters. The number of benzene rings is 1. The molecule has 0 spiro atoms. The van der Waals surface area contributed by atoms with Crippen molar-refractivity contribution in [3.8, 4) is 0 Å². The summed E-state index contributed by atoms with van der Waals surface area (Å²) < 4.78 is 36.6. The number of hydrogen-bond donors (Lipinski definition) is 2. The van der Waals surface area contributed by atoms with Crippen molar-refractivity contribution >= 4 is 16.1 Å². The summed E-state index contributed by atoms with van der Waals surface area (Å²) in [7, 11) is -3.63. The standard InChI is InChI=1S/C24H31N5O4S/c30-24(21-14-23(33-27-21)17-6-7-17)26-18-12-19-8-9-20(13-18)29(19)34(31,32)28-11-10-25-15-22(28)16-4-2-1-3-5-16/h1-5,14,17-20,22,25H,6-13,15H2,(H,26,30)/t18?,19-,20+,22?. The fourth-order valence-electron chi connectivity index (χ4n) is 5.89. The first-order chi connectivity index (χ1) is 16.5. The first kappa shape index (κ1) is 22.2. The fourth-order valence-corrected chi connectivity index (χ4v) is 8.11. The van der Waals surface area contributed by atoms with E-state index in [1.54, 1.807) is 14.7 Å². The Morgan fingerprint density at radius 3 is 2.53 bits per heavy atom. The molecule has 1 amide bonds. The van der Waals surface area contributed by atoms with Gasteiger partial charge in [0.15, 0.2) is 5.69 Å². The smallest absolute Gasteiger partial charge is 0.283 e. The molecule has 10 heteroatoms. The monoisotopic (exact) mass is 485 g/mol. The molecule has 1 aromatic carbocycles. The zero-order valence-corrected chi connectivity index (χ0v) is 19.9. The van der Waals surface area contributed by atoms with Crippen molar-refractivity contribution in [2.75, 3.05) is 19.6 Å². The van der Waals surface area contributed by atoms with Crippen molar-refractivity contribution in [1.82, 2.24) is 24.4 Å². The molecule has 1 saturated carbocycles. The summed E-state index contributed by atoms with van der Waals surface area (Å²) >= 11 is 0. The molecule has 9 nitrogen and oxygen atoms in total. The van der Waals surface area contributed by atoms with Gasteiger partial charge in [-0.05, 0) is 44.1 Å². The van der Waals surface area contributed by atoms with Gasteiger partial charge >= 0.3 is 0 Å². The number of fused-ring (bicyclic) bond motifs is 2. The number of amides is 1. The number of piperazine rings is 1. The molecule has 2 unspecified atom stereocenters. The maximum Gasteiger partial charge on any atom is 0.283 e. The van der Waals surface area contributed by atoms with Crippen LogP contribution in [0.1, 0.15) is 72.3 Å². The van der Waals surface area contributed by atoms with Crippen molar-refractivity contribution in [2.24, 2.45) is 0 Å². The van der Waals surface area contributed by atoms with E-state index in [-0.39, 0.29) is 30.1 Å². The maximum absolute atomic E-state index is 13.9. The molecule has 0 radical (unpaired) electrons. The minimum absolute atomic E-state index is 0.0644. The van der Waals surface area contributed by atoms with Gasteiger partial charge in [0.2, 0.25) is 0 Å². The van der Waals surface area contributed by atoms with Gasteiger partial charge in [-0.2, -0.15) is 17.0 Å². The summed E-state index contributed by atoms with van der Waals surface area (Å²) in [5.41, 5.74) is 1.32. The van der Waals surface area contributed by atoms with E-state index in [4.69, 9.17) is 4.52 Å². The number of nitrogens with one attached hydrogen (secondary N) is 2. The lowest BCUT2D eigenvalue weighted by molar-refractivity contribution is 0.0896. The van der Waals surface area contributed by atoms with Crippen LogP contribution in [0.25, 0.3) is 0 Å². The Morgan fingerprint density at radius 2 is 1.82 bits per heavy atom. The van der Waals surface area contributed by atoms with E-state index in [9.17, 15) is 13.2 Å². The molecule has 1 aliphatic carbocycles. The Bertz CT molecular complexity index is 1140. The molecular weight excluding hydrogens is 454 g/mol. The molecule has 2 N–H and O–H groups in total. The van der Waals surface area contributed by atoms with E-state index in [0.29, 0.717) is 44.1 Å². The second-order valence-electron chi connectivity index (χ2n) is 9.99. The minimum atomic E-state index is -3.63. The third-order valence-electron chi connectivity index (χ3n) is 7.68. The Labute approximate surface area is 200 Å². The third-order valence-corrected chi connectivity index (χ3v) is 9.84. The number of nitrogens with zero attached hydrogens (tertiary/aromatic N) is 3. The highest BCUT2D eigenvalue weighted by Gasteiger charge is 2.50. The molecule has 4 fully saturated rings. The van der Waals surface area contributed by atoms with Gasteiger partial charge in [0.05, 0.1) is 6.04 Å². The topological polar surface area (TPSA) is 108 Å². The van der Waals surface area contributed by atoms with Crippen molar-refractivity contribution in [2.45, 2.75) is 68.6 Å². The van der Waals surface area contributed by atoms with Crippen LogP contribution in [0.4, 0.5) is 0 Å². The van der Waals surface area contributed by atoms with E-state index in [2.05, 4.69) is 15.8 Å². The Morgan fingerprint density at radius 1 is 1.09 bits per heavy atom.